The van der Waals surface area contributed by atoms with E-state index in [9.17, 15) is 10.4 Å². The minimum absolute atomic E-state index is 0.136. The fourth-order valence-corrected chi connectivity index (χ4v) is 3.13. The van der Waals surface area contributed by atoms with Crippen LogP contribution in [-0.4, -0.2) is 41.3 Å². The molecule has 0 amide bonds. The van der Waals surface area contributed by atoms with Crippen molar-refractivity contribution in [2.75, 3.05) is 26.8 Å². The standard InChI is InChI=1S/C17H29N2O2/c1-17(2,3)16-9-7-15(8-10-16)13-19(21)12-6-5-11-18(4,20)14-19/h7-10,21H,5-6,11-14H2,1-4H3/q+1. The normalized spacial score (nSPS) is 31.0. The Kier molecular flexibility index (Phi) is 4.45. The van der Waals surface area contributed by atoms with E-state index in [0.29, 0.717) is 19.6 Å². The maximum atomic E-state index is 12.3. The second-order valence-electron chi connectivity index (χ2n) is 7.79. The summed E-state index contributed by atoms with van der Waals surface area (Å²) in [5.41, 5.74) is 2.51. The first kappa shape index (κ1) is 16.4. The highest BCUT2D eigenvalue weighted by atomic mass is 16.6. The SMILES string of the molecule is CC(C)(C)c1ccc(C[N+]2(O)CCCC[N+](C)([O-])C2)cc1. The van der Waals surface area contributed by atoms with Crippen molar-refractivity contribution in [1.29, 1.82) is 0 Å². The van der Waals surface area contributed by atoms with Crippen LogP contribution < -0.4 is 0 Å². The Labute approximate surface area is 128 Å². The van der Waals surface area contributed by atoms with Crippen LogP contribution in [0.4, 0.5) is 0 Å². The highest BCUT2D eigenvalue weighted by Gasteiger charge is 2.35. The van der Waals surface area contributed by atoms with Gasteiger partial charge in [0.25, 0.3) is 0 Å². The summed E-state index contributed by atoms with van der Waals surface area (Å²) in [6.07, 6.45) is 1.80. The Bertz CT molecular complexity index is 477. The minimum Gasteiger partial charge on any atom is -0.629 e. The summed E-state index contributed by atoms with van der Waals surface area (Å²) >= 11 is 0. The third-order valence-corrected chi connectivity index (χ3v) is 4.31. The van der Waals surface area contributed by atoms with Crippen molar-refractivity contribution < 1.29 is 14.5 Å². The Morgan fingerprint density at radius 2 is 1.67 bits per heavy atom. The number of rotatable bonds is 2. The molecule has 1 aromatic carbocycles. The van der Waals surface area contributed by atoms with Crippen LogP contribution in [0.5, 0.6) is 0 Å². The second-order valence-corrected chi connectivity index (χ2v) is 7.79. The van der Waals surface area contributed by atoms with Crippen LogP contribution in [0.3, 0.4) is 0 Å². The number of quaternary nitrogens is 2. The van der Waals surface area contributed by atoms with E-state index >= 15 is 0 Å². The fourth-order valence-electron chi connectivity index (χ4n) is 3.13. The molecule has 0 radical (unpaired) electrons. The van der Waals surface area contributed by atoms with Gasteiger partial charge in [-0.05, 0) is 11.0 Å². The number of hydrogen-bond donors (Lipinski definition) is 1. The minimum atomic E-state index is -0.351. The van der Waals surface area contributed by atoms with Gasteiger partial charge in [0, 0.05) is 18.4 Å². The van der Waals surface area contributed by atoms with Gasteiger partial charge in [-0.3, -0.25) is 0 Å². The monoisotopic (exact) mass is 293 g/mol. The van der Waals surface area contributed by atoms with Crippen molar-refractivity contribution >= 4 is 0 Å². The van der Waals surface area contributed by atoms with E-state index in [1.54, 1.807) is 7.05 Å². The topological polar surface area (TPSA) is 43.3 Å². The lowest BCUT2D eigenvalue weighted by Crippen LogP contribution is -2.55. The summed E-state index contributed by atoms with van der Waals surface area (Å²) in [5, 5.41) is 23.1. The zero-order chi connectivity index (χ0) is 15.7. The number of hydroxylamine groups is 6. The fraction of sp³-hybridized carbons (Fsp3) is 0.647. The molecule has 0 spiro atoms. The molecular formula is C17H29N2O2+. The lowest BCUT2D eigenvalue weighted by Gasteiger charge is -2.41. The van der Waals surface area contributed by atoms with Crippen LogP contribution in [0, 0.1) is 5.21 Å². The highest BCUT2D eigenvalue weighted by Crippen LogP contribution is 2.25. The maximum Gasteiger partial charge on any atom is 0.236 e. The van der Waals surface area contributed by atoms with E-state index < -0.39 is 0 Å². The van der Waals surface area contributed by atoms with Crippen molar-refractivity contribution in [3.63, 3.8) is 0 Å². The molecule has 1 N–H and O–H groups in total. The molecular weight excluding hydrogens is 264 g/mol. The number of nitrogens with zero attached hydrogens (tertiary/aromatic N) is 2. The molecule has 1 aliphatic heterocycles. The second kappa shape index (κ2) is 5.69. The average Bonchev–Trinajstić information content (AvgIpc) is 2.46. The molecule has 1 fully saturated rings. The molecule has 118 valence electrons. The van der Waals surface area contributed by atoms with Gasteiger partial charge in [-0.2, -0.15) is 0 Å². The van der Waals surface area contributed by atoms with Crippen molar-refractivity contribution in [2.24, 2.45) is 0 Å². The molecule has 0 aromatic heterocycles. The van der Waals surface area contributed by atoms with Crippen LogP contribution >= 0.6 is 0 Å². The molecule has 1 saturated heterocycles. The molecule has 2 atom stereocenters. The van der Waals surface area contributed by atoms with E-state index in [1.165, 1.54) is 5.56 Å². The summed E-state index contributed by atoms with van der Waals surface area (Å²) in [7, 11) is 1.66. The predicted molar refractivity (Wildman–Crippen MR) is 84.3 cm³/mol. The summed E-state index contributed by atoms with van der Waals surface area (Å²) in [6, 6.07) is 8.42. The van der Waals surface area contributed by atoms with Gasteiger partial charge in [-0.15, -0.1) is 4.65 Å². The molecule has 2 unspecified atom stereocenters. The van der Waals surface area contributed by atoms with Gasteiger partial charge in [-0.1, -0.05) is 45.0 Å². The molecule has 2 rings (SSSR count). The van der Waals surface area contributed by atoms with Crippen molar-refractivity contribution in [3.8, 4) is 0 Å². The molecule has 1 aromatic rings. The molecule has 4 heteroatoms. The highest BCUT2D eigenvalue weighted by molar-refractivity contribution is 5.27. The summed E-state index contributed by atoms with van der Waals surface area (Å²) in [4.78, 5) is 0. The van der Waals surface area contributed by atoms with E-state index in [1.807, 2.05) is 0 Å². The quantitative estimate of drug-likeness (QED) is 0.671. The van der Waals surface area contributed by atoms with Crippen LogP contribution in [0.25, 0.3) is 0 Å². The van der Waals surface area contributed by atoms with E-state index in [4.69, 9.17) is 0 Å². The molecule has 1 aliphatic rings. The predicted octanol–water partition coefficient (Wildman–Crippen LogP) is 3.39. The van der Waals surface area contributed by atoms with Gasteiger partial charge >= 0.3 is 0 Å². The lowest BCUT2D eigenvalue weighted by molar-refractivity contribution is -1.19. The van der Waals surface area contributed by atoms with E-state index in [0.717, 1.165) is 18.4 Å². The first-order valence-corrected chi connectivity index (χ1v) is 7.84. The van der Waals surface area contributed by atoms with Gasteiger partial charge < -0.3 is 9.85 Å². The molecule has 4 nitrogen and oxygen atoms in total. The van der Waals surface area contributed by atoms with Crippen molar-refractivity contribution in [2.45, 2.75) is 45.6 Å². The third kappa shape index (κ3) is 4.51. The van der Waals surface area contributed by atoms with Crippen molar-refractivity contribution in [1.82, 2.24) is 0 Å². The summed E-state index contributed by atoms with van der Waals surface area (Å²) in [6.45, 7) is 8.59. The Balaban J connectivity index is 2.12. The maximum absolute atomic E-state index is 12.3. The Morgan fingerprint density at radius 1 is 1.10 bits per heavy atom. The zero-order valence-corrected chi connectivity index (χ0v) is 13.8. The summed E-state index contributed by atoms with van der Waals surface area (Å²) < 4.78 is -0.495. The van der Waals surface area contributed by atoms with Gasteiger partial charge in [0.05, 0.1) is 13.6 Å². The van der Waals surface area contributed by atoms with Crippen LogP contribution in [0.2, 0.25) is 0 Å². The van der Waals surface area contributed by atoms with E-state index in [2.05, 4.69) is 45.0 Å². The van der Waals surface area contributed by atoms with Crippen molar-refractivity contribution in [3.05, 3.63) is 40.6 Å². The number of hydrogen-bond acceptors (Lipinski definition) is 2. The molecule has 0 aliphatic carbocycles. The third-order valence-electron chi connectivity index (χ3n) is 4.31. The lowest BCUT2D eigenvalue weighted by atomic mass is 9.87. The van der Waals surface area contributed by atoms with Gasteiger partial charge in [0.15, 0.2) is 0 Å². The Hall–Kier alpha value is -0.940. The molecule has 0 saturated carbocycles. The Morgan fingerprint density at radius 3 is 2.24 bits per heavy atom. The molecule has 21 heavy (non-hydrogen) atoms. The van der Waals surface area contributed by atoms with Crippen LogP contribution in [-0.2, 0) is 12.0 Å². The first-order valence-electron chi connectivity index (χ1n) is 7.84. The smallest absolute Gasteiger partial charge is 0.236 e. The molecule has 0 bridgehead atoms. The zero-order valence-electron chi connectivity index (χ0n) is 13.8. The molecule has 1 heterocycles. The summed E-state index contributed by atoms with van der Waals surface area (Å²) in [5.74, 6) is 0. The van der Waals surface area contributed by atoms with E-state index in [-0.39, 0.29) is 21.4 Å². The number of benzene rings is 1. The van der Waals surface area contributed by atoms with Crippen LogP contribution in [0.1, 0.15) is 44.7 Å². The van der Waals surface area contributed by atoms with Gasteiger partial charge in [0.2, 0.25) is 6.67 Å². The largest absolute Gasteiger partial charge is 0.629 e. The van der Waals surface area contributed by atoms with Gasteiger partial charge in [-0.25, -0.2) is 5.21 Å². The first-order chi connectivity index (χ1) is 9.60. The van der Waals surface area contributed by atoms with Crippen LogP contribution in [0.15, 0.2) is 24.3 Å². The van der Waals surface area contributed by atoms with Gasteiger partial charge in [0.1, 0.15) is 13.1 Å². The average molecular weight is 293 g/mol.